The summed E-state index contributed by atoms with van der Waals surface area (Å²) in [5, 5.41) is 2.89. The van der Waals surface area contributed by atoms with Crippen molar-refractivity contribution < 1.29 is 14.3 Å². The van der Waals surface area contributed by atoms with Crippen molar-refractivity contribution in [2.45, 2.75) is 26.3 Å². The van der Waals surface area contributed by atoms with Gasteiger partial charge in [-0.25, -0.2) is 0 Å². The molecule has 1 aromatic carbocycles. The molecule has 1 N–H and O–H groups in total. The van der Waals surface area contributed by atoms with Crippen LogP contribution in [-0.2, 0) is 22.6 Å². The van der Waals surface area contributed by atoms with Crippen LogP contribution in [-0.4, -0.2) is 41.9 Å². The number of benzene rings is 1. The smallest absolute Gasteiger partial charge is 0.221 e. The van der Waals surface area contributed by atoms with Crippen molar-refractivity contribution in [3.05, 3.63) is 59.9 Å². The van der Waals surface area contributed by atoms with E-state index in [1.807, 2.05) is 42.5 Å². The molecular weight excluding hydrogens is 330 g/mol. The summed E-state index contributed by atoms with van der Waals surface area (Å²) in [6.45, 7) is 2.80. The van der Waals surface area contributed by atoms with Gasteiger partial charge in [-0.3, -0.25) is 14.6 Å². The van der Waals surface area contributed by atoms with Crippen LogP contribution >= 0.6 is 0 Å². The van der Waals surface area contributed by atoms with Crippen LogP contribution in [0.5, 0.6) is 5.75 Å². The number of hydrogen-bond donors (Lipinski definition) is 1. The average Bonchev–Trinajstić information content (AvgIpc) is 2.66. The van der Waals surface area contributed by atoms with Crippen molar-refractivity contribution in [1.82, 2.24) is 15.2 Å². The third-order valence-corrected chi connectivity index (χ3v) is 4.04. The molecule has 0 saturated heterocycles. The number of rotatable bonds is 9. The largest absolute Gasteiger partial charge is 0.496 e. The van der Waals surface area contributed by atoms with E-state index in [1.54, 1.807) is 18.2 Å². The van der Waals surface area contributed by atoms with Gasteiger partial charge in [0.1, 0.15) is 5.75 Å². The number of methoxy groups -OCH3 is 1. The summed E-state index contributed by atoms with van der Waals surface area (Å²) in [7, 11) is 1.63. The van der Waals surface area contributed by atoms with E-state index < -0.39 is 0 Å². The van der Waals surface area contributed by atoms with E-state index in [4.69, 9.17) is 4.74 Å². The number of hydrogen-bond acceptors (Lipinski definition) is 4. The van der Waals surface area contributed by atoms with Crippen LogP contribution < -0.4 is 10.1 Å². The SMILES string of the molecule is COc1ccccc1CCNC(=O)CCN(Cc1ccccn1)C(C)=O. The number of carbonyl (C=O) groups excluding carboxylic acids is 2. The van der Waals surface area contributed by atoms with Gasteiger partial charge in [-0.1, -0.05) is 24.3 Å². The molecule has 0 spiro atoms. The topological polar surface area (TPSA) is 71.5 Å². The molecule has 0 bridgehead atoms. The van der Waals surface area contributed by atoms with Crippen molar-refractivity contribution in [2.24, 2.45) is 0 Å². The first-order valence-corrected chi connectivity index (χ1v) is 8.64. The molecule has 0 atom stereocenters. The predicted octanol–water partition coefficient (Wildman–Crippen LogP) is 2.19. The molecule has 0 radical (unpaired) electrons. The minimum absolute atomic E-state index is 0.0718. The molecule has 6 nitrogen and oxygen atoms in total. The van der Waals surface area contributed by atoms with E-state index in [9.17, 15) is 9.59 Å². The summed E-state index contributed by atoms with van der Waals surface area (Å²) in [5.74, 6) is 0.671. The molecule has 1 heterocycles. The zero-order valence-electron chi connectivity index (χ0n) is 15.3. The second kappa shape index (κ2) is 10.2. The molecule has 2 amide bonds. The molecule has 0 aliphatic rings. The van der Waals surface area contributed by atoms with Crippen molar-refractivity contribution in [2.75, 3.05) is 20.2 Å². The van der Waals surface area contributed by atoms with Gasteiger partial charge in [-0.15, -0.1) is 0 Å². The Balaban J connectivity index is 1.76. The Morgan fingerprint density at radius 1 is 1.15 bits per heavy atom. The average molecular weight is 355 g/mol. The Morgan fingerprint density at radius 2 is 1.92 bits per heavy atom. The summed E-state index contributed by atoms with van der Waals surface area (Å²) >= 11 is 0. The van der Waals surface area contributed by atoms with E-state index in [-0.39, 0.29) is 18.2 Å². The summed E-state index contributed by atoms with van der Waals surface area (Å²) in [6, 6.07) is 13.3. The van der Waals surface area contributed by atoms with Crippen molar-refractivity contribution >= 4 is 11.8 Å². The lowest BCUT2D eigenvalue weighted by atomic mass is 10.1. The monoisotopic (exact) mass is 355 g/mol. The first-order valence-electron chi connectivity index (χ1n) is 8.64. The first kappa shape index (κ1) is 19.4. The number of pyridine rings is 1. The second-order valence-corrected chi connectivity index (χ2v) is 5.92. The molecule has 2 aromatic rings. The van der Waals surface area contributed by atoms with Crippen LogP contribution in [0.25, 0.3) is 0 Å². The van der Waals surface area contributed by atoms with Crippen LogP contribution in [0.15, 0.2) is 48.7 Å². The first-order chi connectivity index (χ1) is 12.6. The Labute approximate surface area is 154 Å². The Morgan fingerprint density at radius 3 is 2.62 bits per heavy atom. The van der Waals surface area contributed by atoms with Crippen molar-refractivity contribution in [1.29, 1.82) is 0 Å². The van der Waals surface area contributed by atoms with Crippen LogP contribution in [0.3, 0.4) is 0 Å². The minimum Gasteiger partial charge on any atom is -0.496 e. The lowest BCUT2D eigenvalue weighted by Gasteiger charge is -2.20. The molecule has 0 fully saturated rings. The van der Waals surface area contributed by atoms with Gasteiger partial charge >= 0.3 is 0 Å². The highest BCUT2D eigenvalue weighted by Crippen LogP contribution is 2.17. The molecule has 0 saturated carbocycles. The van der Waals surface area contributed by atoms with Gasteiger partial charge in [0.25, 0.3) is 0 Å². The minimum atomic E-state index is -0.0767. The number of nitrogens with one attached hydrogen (secondary N) is 1. The van der Waals surface area contributed by atoms with E-state index in [0.717, 1.165) is 17.0 Å². The lowest BCUT2D eigenvalue weighted by molar-refractivity contribution is -0.130. The van der Waals surface area contributed by atoms with Gasteiger partial charge in [0.05, 0.1) is 19.3 Å². The number of amides is 2. The summed E-state index contributed by atoms with van der Waals surface area (Å²) in [5.41, 5.74) is 1.86. The molecule has 0 unspecified atom stereocenters. The molecular formula is C20H25N3O3. The Bertz CT molecular complexity index is 719. The molecule has 1 aromatic heterocycles. The van der Waals surface area contributed by atoms with E-state index in [0.29, 0.717) is 26.1 Å². The third kappa shape index (κ3) is 6.20. The molecule has 0 aliphatic carbocycles. The fourth-order valence-electron chi connectivity index (χ4n) is 2.61. The lowest BCUT2D eigenvalue weighted by Crippen LogP contribution is -2.34. The van der Waals surface area contributed by atoms with Crippen molar-refractivity contribution in [3.63, 3.8) is 0 Å². The molecule has 6 heteroatoms. The zero-order valence-corrected chi connectivity index (χ0v) is 15.3. The van der Waals surface area contributed by atoms with Gasteiger partial charge in [0, 0.05) is 32.6 Å². The standard InChI is InChI=1S/C20H25N3O3/c1-16(24)23(15-18-8-5-6-12-21-18)14-11-20(25)22-13-10-17-7-3-4-9-19(17)26-2/h3-9,12H,10-11,13-15H2,1-2H3,(H,22,25). The van der Waals surface area contributed by atoms with Crippen molar-refractivity contribution in [3.8, 4) is 5.75 Å². The third-order valence-electron chi connectivity index (χ3n) is 4.04. The van der Waals surface area contributed by atoms with Gasteiger partial charge in [0.15, 0.2) is 0 Å². The number of ether oxygens (including phenoxy) is 1. The van der Waals surface area contributed by atoms with Gasteiger partial charge in [0.2, 0.25) is 11.8 Å². The number of nitrogens with zero attached hydrogens (tertiary/aromatic N) is 2. The summed E-state index contributed by atoms with van der Waals surface area (Å²) in [4.78, 5) is 29.7. The van der Waals surface area contributed by atoms with E-state index in [1.165, 1.54) is 6.92 Å². The molecule has 26 heavy (non-hydrogen) atoms. The highest BCUT2D eigenvalue weighted by molar-refractivity contribution is 5.78. The fourth-order valence-corrected chi connectivity index (χ4v) is 2.61. The number of carbonyl (C=O) groups is 2. The molecule has 138 valence electrons. The summed E-state index contributed by atoms with van der Waals surface area (Å²) in [6.07, 6.45) is 2.65. The Hall–Kier alpha value is -2.89. The number of aromatic nitrogens is 1. The quantitative estimate of drug-likeness (QED) is 0.748. The highest BCUT2D eigenvalue weighted by Gasteiger charge is 2.12. The van der Waals surface area contributed by atoms with Gasteiger partial charge in [-0.2, -0.15) is 0 Å². The van der Waals surface area contributed by atoms with Crippen LogP contribution in [0.2, 0.25) is 0 Å². The molecule has 2 rings (SSSR count). The van der Waals surface area contributed by atoms with Gasteiger partial charge < -0.3 is 15.0 Å². The maximum Gasteiger partial charge on any atom is 0.221 e. The molecule has 0 aliphatic heterocycles. The summed E-state index contributed by atoms with van der Waals surface area (Å²) < 4.78 is 5.30. The van der Waals surface area contributed by atoms with E-state index in [2.05, 4.69) is 10.3 Å². The Kier molecular flexibility index (Phi) is 7.61. The van der Waals surface area contributed by atoms with Crippen LogP contribution in [0, 0.1) is 0 Å². The predicted molar refractivity (Wildman–Crippen MR) is 99.7 cm³/mol. The van der Waals surface area contributed by atoms with Crippen LogP contribution in [0.1, 0.15) is 24.6 Å². The number of para-hydroxylation sites is 1. The van der Waals surface area contributed by atoms with E-state index >= 15 is 0 Å². The normalized spacial score (nSPS) is 10.2. The van der Waals surface area contributed by atoms with Gasteiger partial charge in [-0.05, 0) is 30.2 Å². The fraction of sp³-hybridized carbons (Fsp3) is 0.350. The maximum atomic E-state index is 12.1. The second-order valence-electron chi connectivity index (χ2n) is 5.92. The zero-order chi connectivity index (χ0) is 18.8. The highest BCUT2D eigenvalue weighted by atomic mass is 16.5. The maximum absolute atomic E-state index is 12.1. The van der Waals surface area contributed by atoms with Crippen LogP contribution in [0.4, 0.5) is 0 Å².